The number of fused-ring (bicyclic) bond motifs is 2. The van der Waals surface area contributed by atoms with Gasteiger partial charge in [0.1, 0.15) is 5.69 Å². The molecular weight excluding hydrogens is 264 g/mol. The van der Waals surface area contributed by atoms with Crippen molar-refractivity contribution in [1.29, 1.82) is 0 Å². The SMILES string of the molecule is CC(C)(C)c1cc(-c2nc3cc4nc[nH]c4cc3[nH]2)n[nH]1. The Balaban J connectivity index is 1.84. The van der Waals surface area contributed by atoms with Crippen LogP contribution in [0.1, 0.15) is 26.5 Å². The molecule has 0 aliphatic heterocycles. The van der Waals surface area contributed by atoms with Gasteiger partial charge in [0.15, 0.2) is 5.82 Å². The standard InChI is InChI=1S/C15H16N6/c1-15(2,3)13-6-12(20-21-13)14-18-10-4-8-9(17-7-16-8)5-11(10)19-14/h4-7H,1-3H3,(H,16,17)(H,18,19)(H,20,21). The first-order valence-electron chi connectivity index (χ1n) is 6.90. The molecule has 106 valence electrons. The number of nitrogens with zero attached hydrogens (tertiary/aromatic N) is 3. The highest BCUT2D eigenvalue weighted by Gasteiger charge is 2.18. The van der Waals surface area contributed by atoms with Crippen molar-refractivity contribution in [2.24, 2.45) is 0 Å². The molecule has 3 aromatic heterocycles. The first-order valence-corrected chi connectivity index (χ1v) is 6.90. The summed E-state index contributed by atoms with van der Waals surface area (Å²) in [5.74, 6) is 0.768. The van der Waals surface area contributed by atoms with E-state index in [1.807, 2.05) is 18.2 Å². The van der Waals surface area contributed by atoms with Crippen LogP contribution in [0.25, 0.3) is 33.6 Å². The van der Waals surface area contributed by atoms with Crippen molar-refractivity contribution in [2.45, 2.75) is 26.2 Å². The largest absolute Gasteiger partial charge is 0.345 e. The van der Waals surface area contributed by atoms with Crippen LogP contribution in [-0.4, -0.2) is 30.1 Å². The summed E-state index contributed by atoms with van der Waals surface area (Å²) < 4.78 is 0. The molecule has 21 heavy (non-hydrogen) atoms. The summed E-state index contributed by atoms with van der Waals surface area (Å²) in [4.78, 5) is 15.3. The number of aromatic amines is 3. The highest BCUT2D eigenvalue weighted by Crippen LogP contribution is 2.26. The summed E-state index contributed by atoms with van der Waals surface area (Å²) in [5, 5.41) is 7.45. The van der Waals surface area contributed by atoms with Gasteiger partial charge in [-0.05, 0) is 18.2 Å². The Morgan fingerprint density at radius 1 is 1.00 bits per heavy atom. The average molecular weight is 280 g/mol. The van der Waals surface area contributed by atoms with Crippen molar-refractivity contribution in [3.8, 4) is 11.5 Å². The molecule has 3 heterocycles. The second-order valence-electron chi connectivity index (χ2n) is 6.29. The van der Waals surface area contributed by atoms with Gasteiger partial charge in [-0.25, -0.2) is 9.97 Å². The van der Waals surface area contributed by atoms with Crippen LogP contribution in [0.4, 0.5) is 0 Å². The number of aromatic nitrogens is 6. The van der Waals surface area contributed by atoms with E-state index < -0.39 is 0 Å². The lowest BCUT2D eigenvalue weighted by Gasteiger charge is -2.14. The first kappa shape index (κ1) is 12.1. The van der Waals surface area contributed by atoms with Gasteiger partial charge in [0.2, 0.25) is 0 Å². The quantitative estimate of drug-likeness (QED) is 0.500. The molecule has 6 nitrogen and oxygen atoms in total. The molecule has 0 unspecified atom stereocenters. The molecule has 0 spiro atoms. The van der Waals surface area contributed by atoms with Crippen LogP contribution in [0, 0.1) is 0 Å². The van der Waals surface area contributed by atoms with E-state index in [1.165, 1.54) is 0 Å². The highest BCUT2D eigenvalue weighted by molar-refractivity contribution is 5.92. The van der Waals surface area contributed by atoms with E-state index in [4.69, 9.17) is 0 Å². The van der Waals surface area contributed by atoms with E-state index in [0.29, 0.717) is 0 Å². The molecule has 4 aromatic rings. The van der Waals surface area contributed by atoms with Crippen LogP contribution < -0.4 is 0 Å². The van der Waals surface area contributed by atoms with Gasteiger partial charge in [-0.3, -0.25) is 5.10 Å². The maximum atomic E-state index is 4.62. The summed E-state index contributed by atoms with van der Waals surface area (Å²) in [6.07, 6.45) is 1.69. The monoisotopic (exact) mass is 280 g/mol. The summed E-state index contributed by atoms with van der Waals surface area (Å²) in [6, 6.07) is 6.03. The third-order valence-corrected chi connectivity index (χ3v) is 3.65. The lowest BCUT2D eigenvalue weighted by molar-refractivity contribution is 0.567. The van der Waals surface area contributed by atoms with Crippen LogP contribution in [0.3, 0.4) is 0 Å². The Kier molecular flexibility index (Phi) is 2.28. The maximum absolute atomic E-state index is 4.62. The van der Waals surface area contributed by atoms with E-state index in [2.05, 4.69) is 50.9 Å². The fourth-order valence-corrected chi connectivity index (χ4v) is 2.39. The molecule has 0 fully saturated rings. The van der Waals surface area contributed by atoms with E-state index in [-0.39, 0.29) is 5.41 Å². The number of benzene rings is 1. The average Bonchev–Trinajstić information content (AvgIpc) is 3.12. The lowest BCUT2D eigenvalue weighted by Crippen LogP contribution is -2.11. The molecule has 0 radical (unpaired) electrons. The molecule has 0 atom stereocenters. The van der Waals surface area contributed by atoms with Crippen LogP contribution >= 0.6 is 0 Å². The zero-order chi connectivity index (χ0) is 14.6. The molecule has 6 heteroatoms. The number of imidazole rings is 2. The van der Waals surface area contributed by atoms with E-state index >= 15 is 0 Å². The molecule has 0 saturated carbocycles. The minimum Gasteiger partial charge on any atom is -0.345 e. The van der Waals surface area contributed by atoms with E-state index in [9.17, 15) is 0 Å². The topological polar surface area (TPSA) is 86.0 Å². The molecule has 0 amide bonds. The van der Waals surface area contributed by atoms with Gasteiger partial charge in [0, 0.05) is 11.1 Å². The molecule has 0 bridgehead atoms. The van der Waals surface area contributed by atoms with Gasteiger partial charge in [-0.2, -0.15) is 5.10 Å². The number of rotatable bonds is 1. The number of hydrogen-bond donors (Lipinski definition) is 3. The first-order chi connectivity index (χ1) is 10.0. The fraction of sp³-hybridized carbons (Fsp3) is 0.267. The molecular formula is C15H16N6. The lowest BCUT2D eigenvalue weighted by atomic mass is 9.92. The summed E-state index contributed by atoms with van der Waals surface area (Å²) in [7, 11) is 0. The molecule has 0 aliphatic carbocycles. The molecule has 3 N–H and O–H groups in total. The van der Waals surface area contributed by atoms with Crippen molar-refractivity contribution in [3.05, 3.63) is 30.2 Å². The van der Waals surface area contributed by atoms with Crippen molar-refractivity contribution >= 4 is 22.1 Å². The Hall–Kier alpha value is -2.63. The van der Waals surface area contributed by atoms with Gasteiger partial charge < -0.3 is 9.97 Å². The predicted molar refractivity (Wildman–Crippen MR) is 82.0 cm³/mol. The van der Waals surface area contributed by atoms with Crippen molar-refractivity contribution in [3.63, 3.8) is 0 Å². The van der Waals surface area contributed by atoms with Gasteiger partial charge in [0.05, 0.1) is 28.4 Å². The van der Waals surface area contributed by atoms with Crippen molar-refractivity contribution in [1.82, 2.24) is 30.1 Å². The van der Waals surface area contributed by atoms with Crippen LogP contribution in [0.2, 0.25) is 0 Å². The summed E-state index contributed by atoms with van der Waals surface area (Å²) in [6.45, 7) is 6.45. The van der Waals surface area contributed by atoms with Gasteiger partial charge >= 0.3 is 0 Å². The highest BCUT2D eigenvalue weighted by atomic mass is 15.1. The van der Waals surface area contributed by atoms with E-state index in [0.717, 1.165) is 39.3 Å². The number of H-pyrrole nitrogens is 3. The maximum Gasteiger partial charge on any atom is 0.159 e. The Morgan fingerprint density at radius 2 is 1.86 bits per heavy atom. The molecule has 4 rings (SSSR count). The number of nitrogens with one attached hydrogen (secondary N) is 3. The predicted octanol–water partition coefficient (Wildman–Crippen LogP) is 3.13. The summed E-state index contributed by atoms with van der Waals surface area (Å²) >= 11 is 0. The van der Waals surface area contributed by atoms with Crippen molar-refractivity contribution < 1.29 is 0 Å². The van der Waals surface area contributed by atoms with Gasteiger partial charge in [-0.15, -0.1) is 0 Å². The van der Waals surface area contributed by atoms with Gasteiger partial charge in [0.25, 0.3) is 0 Å². The minimum absolute atomic E-state index is 0.0388. The Morgan fingerprint density at radius 3 is 2.62 bits per heavy atom. The smallest absolute Gasteiger partial charge is 0.159 e. The molecule has 0 saturated heterocycles. The van der Waals surface area contributed by atoms with Crippen molar-refractivity contribution in [2.75, 3.05) is 0 Å². The number of hydrogen-bond acceptors (Lipinski definition) is 3. The third-order valence-electron chi connectivity index (χ3n) is 3.65. The Labute approximate surface area is 121 Å². The van der Waals surface area contributed by atoms with Crippen LogP contribution in [0.5, 0.6) is 0 Å². The second-order valence-corrected chi connectivity index (χ2v) is 6.29. The normalized spacial score (nSPS) is 12.5. The van der Waals surface area contributed by atoms with E-state index in [1.54, 1.807) is 6.33 Å². The Bertz CT molecular complexity index is 886. The molecule has 1 aromatic carbocycles. The zero-order valence-corrected chi connectivity index (χ0v) is 12.2. The zero-order valence-electron chi connectivity index (χ0n) is 12.2. The molecule has 0 aliphatic rings. The second kappa shape index (κ2) is 3.94. The fourth-order valence-electron chi connectivity index (χ4n) is 2.39. The van der Waals surface area contributed by atoms with Gasteiger partial charge in [-0.1, -0.05) is 20.8 Å². The third kappa shape index (κ3) is 1.91. The van der Waals surface area contributed by atoms with Crippen LogP contribution in [0.15, 0.2) is 24.5 Å². The van der Waals surface area contributed by atoms with Crippen LogP contribution in [-0.2, 0) is 5.41 Å². The minimum atomic E-state index is 0.0388. The summed E-state index contributed by atoms with van der Waals surface area (Å²) in [5.41, 5.74) is 5.73.